The van der Waals surface area contributed by atoms with Gasteiger partial charge in [-0.3, -0.25) is 4.79 Å². The minimum atomic E-state index is -0.168. The standard InChI is InChI=1S/C10H22N2OS2/c1-9(2,14)6-11-5-8(13)12-7-10(3,4)15/h11,14-15H,5-7H2,1-4H3,(H,12,13). The smallest absolute Gasteiger partial charge is 0.234 e. The molecule has 0 unspecified atom stereocenters. The van der Waals surface area contributed by atoms with Gasteiger partial charge in [0.2, 0.25) is 5.91 Å². The highest BCUT2D eigenvalue weighted by Crippen LogP contribution is 2.09. The molecule has 0 atom stereocenters. The van der Waals surface area contributed by atoms with Gasteiger partial charge in [-0.05, 0) is 27.7 Å². The van der Waals surface area contributed by atoms with Crippen molar-refractivity contribution in [2.24, 2.45) is 0 Å². The number of thiol groups is 2. The van der Waals surface area contributed by atoms with Crippen molar-refractivity contribution in [2.45, 2.75) is 37.2 Å². The zero-order chi connectivity index (χ0) is 12.1. The van der Waals surface area contributed by atoms with Crippen molar-refractivity contribution in [1.82, 2.24) is 10.6 Å². The van der Waals surface area contributed by atoms with Crippen LogP contribution in [0.25, 0.3) is 0 Å². The maximum absolute atomic E-state index is 11.3. The Morgan fingerprint density at radius 3 is 1.93 bits per heavy atom. The molecule has 0 saturated heterocycles. The molecule has 5 heteroatoms. The van der Waals surface area contributed by atoms with Gasteiger partial charge < -0.3 is 10.6 Å². The quantitative estimate of drug-likeness (QED) is 0.534. The molecule has 0 aromatic carbocycles. The van der Waals surface area contributed by atoms with E-state index in [9.17, 15) is 4.79 Å². The molecule has 2 N–H and O–H groups in total. The molecular formula is C10H22N2OS2. The summed E-state index contributed by atoms with van der Waals surface area (Å²) < 4.78 is -0.262. The van der Waals surface area contributed by atoms with E-state index < -0.39 is 0 Å². The molecule has 0 aromatic rings. The first-order valence-electron chi connectivity index (χ1n) is 5.02. The molecule has 0 spiro atoms. The second-order valence-electron chi connectivity index (χ2n) is 5.01. The van der Waals surface area contributed by atoms with Crippen LogP contribution in [0.3, 0.4) is 0 Å². The molecule has 90 valence electrons. The summed E-state index contributed by atoms with van der Waals surface area (Å²) in [5, 5.41) is 5.85. The fraction of sp³-hybridized carbons (Fsp3) is 0.900. The largest absolute Gasteiger partial charge is 0.354 e. The fourth-order valence-corrected chi connectivity index (χ4v) is 1.05. The third-order valence-electron chi connectivity index (χ3n) is 1.56. The molecule has 0 bridgehead atoms. The van der Waals surface area contributed by atoms with E-state index in [0.717, 1.165) is 0 Å². The third kappa shape index (κ3) is 12.1. The van der Waals surface area contributed by atoms with Crippen LogP contribution in [0.2, 0.25) is 0 Å². The first-order valence-corrected chi connectivity index (χ1v) is 5.92. The number of nitrogens with one attached hydrogen (secondary N) is 2. The Balaban J connectivity index is 3.60. The predicted octanol–water partition coefficient (Wildman–Crippen LogP) is 1.11. The maximum Gasteiger partial charge on any atom is 0.234 e. The minimum absolute atomic E-state index is 0.00490. The molecule has 0 heterocycles. The Morgan fingerprint density at radius 2 is 1.53 bits per heavy atom. The van der Waals surface area contributed by atoms with Gasteiger partial charge in [-0.2, -0.15) is 25.3 Å². The van der Waals surface area contributed by atoms with Crippen LogP contribution in [0, 0.1) is 0 Å². The van der Waals surface area contributed by atoms with Gasteiger partial charge in [0, 0.05) is 22.6 Å². The van der Waals surface area contributed by atoms with E-state index in [1.54, 1.807) is 0 Å². The van der Waals surface area contributed by atoms with Gasteiger partial charge in [-0.25, -0.2) is 0 Å². The lowest BCUT2D eigenvalue weighted by Crippen LogP contribution is -2.42. The zero-order valence-corrected chi connectivity index (χ0v) is 11.7. The van der Waals surface area contributed by atoms with Crippen molar-refractivity contribution in [3.8, 4) is 0 Å². The molecule has 0 aliphatic carbocycles. The van der Waals surface area contributed by atoms with Crippen molar-refractivity contribution in [3.63, 3.8) is 0 Å². The summed E-state index contributed by atoms with van der Waals surface area (Å²) in [6, 6.07) is 0. The summed E-state index contributed by atoms with van der Waals surface area (Å²) in [4.78, 5) is 11.3. The van der Waals surface area contributed by atoms with Gasteiger partial charge in [0.15, 0.2) is 0 Å². The summed E-state index contributed by atoms with van der Waals surface area (Å²) in [7, 11) is 0. The average Bonchev–Trinajstić information content (AvgIpc) is 1.97. The monoisotopic (exact) mass is 250 g/mol. The zero-order valence-electron chi connectivity index (χ0n) is 9.92. The van der Waals surface area contributed by atoms with Crippen LogP contribution in [0.5, 0.6) is 0 Å². The number of amides is 1. The normalized spacial score (nSPS) is 12.7. The summed E-state index contributed by atoms with van der Waals surface area (Å²) in [5.74, 6) is -0.00490. The van der Waals surface area contributed by atoms with Crippen LogP contribution in [-0.2, 0) is 4.79 Å². The molecule has 3 nitrogen and oxygen atoms in total. The van der Waals surface area contributed by atoms with Crippen LogP contribution in [-0.4, -0.2) is 35.0 Å². The Labute approximate surface area is 104 Å². The van der Waals surface area contributed by atoms with E-state index in [4.69, 9.17) is 0 Å². The number of hydrogen-bond acceptors (Lipinski definition) is 4. The first kappa shape index (κ1) is 15.1. The summed E-state index contributed by atoms with van der Waals surface area (Å²) in [6.45, 7) is 9.51. The van der Waals surface area contributed by atoms with E-state index in [1.807, 2.05) is 27.7 Å². The molecule has 15 heavy (non-hydrogen) atoms. The molecule has 1 amide bonds. The van der Waals surface area contributed by atoms with Crippen LogP contribution < -0.4 is 10.6 Å². The van der Waals surface area contributed by atoms with Gasteiger partial charge in [-0.1, -0.05) is 0 Å². The molecule has 0 fully saturated rings. The van der Waals surface area contributed by atoms with E-state index in [-0.39, 0.29) is 15.4 Å². The Kier molecular flexibility index (Phi) is 6.06. The van der Waals surface area contributed by atoms with E-state index in [2.05, 4.69) is 35.9 Å². The van der Waals surface area contributed by atoms with Crippen molar-refractivity contribution < 1.29 is 4.79 Å². The van der Waals surface area contributed by atoms with Crippen LogP contribution >= 0.6 is 25.3 Å². The van der Waals surface area contributed by atoms with Crippen LogP contribution in [0.4, 0.5) is 0 Å². The topological polar surface area (TPSA) is 41.1 Å². The molecule has 0 saturated carbocycles. The van der Waals surface area contributed by atoms with Crippen LogP contribution in [0.15, 0.2) is 0 Å². The van der Waals surface area contributed by atoms with Gasteiger partial charge in [0.05, 0.1) is 6.54 Å². The summed E-state index contributed by atoms with van der Waals surface area (Å²) in [5.41, 5.74) is 0. The van der Waals surface area contributed by atoms with E-state index in [0.29, 0.717) is 19.6 Å². The highest BCUT2D eigenvalue weighted by atomic mass is 32.1. The molecule has 0 rings (SSSR count). The molecular weight excluding hydrogens is 228 g/mol. The average molecular weight is 250 g/mol. The number of carbonyl (C=O) groups excluding carboxylic acids is 1. The molecule has 0 aromatic heterocycles. The lowest BCUT2D eigenvalue weighted by Gasteiger charge is -2.20. The van der Waals surface area contributed by atoms with Crippen molar-refractivity contribution in [1.29, 1.82) is 0 Å². The molecule has 0 aliphatic rings. The maximum atomic E-state index is 11.3. The van der Waals surface area contributed by atoms with Crippen molar-refractivity contribution >= 4 is 31.2 Å². The fourth-order valence-electron chi connectivity index (χ4n) is 0.859. The van der Waals surface area contributed by atoms with Crippen molar-refractivity contribution in [2.75, 3.05) is 19.6 Å². The number of hydrogen-bond donors (Lipinski definition) is 4. The number of carbonyl (C=O) groups is 1. The Morgan fingerprint density at radius 1 is 1.07 bits per heavy atom. The van der Waals surface area contributed by atoms with Gasteiger partial charge in [0.1, 0.15) is 0 Å². The Hall–Kier alpha value is 0.130. The molecule has 0 radical (unpaired) electrons. The van der Waals surface area contributed by atoms with Gasteiger partial charge in [0.25, 0.3) is 0 Å². The van der Waals surface area contributed by atoms with Crippen molar-refractivity contribution in [3.05, 3.63) is 0 Å². The summed E-state index contributed by atoms with van der Waals surface area (Å²) >= 11 is 8.67. The predicted molar refractivity (Wildman–Crippen MR) is 72.0 cm³/mol. The number of rotatable bonds is 6. The second kappa shape index (κ2) is 6.01. The molecule has 0 aliphatic heterocycles. The first-order chi connectivity index (χ1) is 6.60. The van der Waals surface area contributed by atoms with Crippen LogP contribution in [0.1, 0.15) is 27.7 Å². The lowest BCUT2D eigenvalue weighted by molar-refractivity contribution is -0.120. The lowest BCUT2D eigenvalue weighted by atomic mass is 10.2. The summed E-state index contributed by atoms with van der Waals surface area (Å²) in [6.07, 6.45) is 0. The minimum Gasteiger partial charge on any atom is -0.354 e. The van der Waals surface area contributed by atoms with Gasteiger partial charge in [-0.15, -0.1) is 0 Å². The van der Waals surface area contributed by atoms with Gasteiger partial charge >= 0.3 is 0 Å². The second-order valence-corrected chi connectivity index (χ2v) is 7.43. The Bertz CT molecular complexity index is 206. The highest BCUT2D eigenvalue weighted by molar-refractivity contribution is 7.82. The van der Waals surface area contributed by atoms with E-state index in [1.165, 1.54) is 0 Å². The third-order valence-corrected chi connectivity index (χ3v) is 1.88. The highest BCUT2D eigenvalue weighted by Gasteiger charge is 2.14. The SMILES string of the molecule is CC(C)(S)CNCC(=O)NCC(C)(C)S. The van der Waals surface area contributed by atoms with E-state index >= 15 is 0 Å².